The molecular weight excluding hydrogens is 320 g/mol. The number of carbonyl (C=O) groups excluding carboxylic acids is 1. The molecule has 24 heavy (non-hydrogen) atoms. The zero-order chi connectivity index (χ0) is 16.4. The Morgan fingerprint density at radius 1 is 1.21 bits per heavy atom. The van der Waals surface area contributed by atoms with E-state index in [2.05, 4.69) is 43.0 Å². The second kappa shape index (κ2) is 7.88. The van der Waals surface area contributed by atoms with Gasteiger partial charge in [-0.05, 0) is 49.5 Å². The Balaban J connectivity index is 0.00000208. The van der Waals surface area contributed by atoms with Crippen molar-refractivity contribution < 1.29 is 4.79 Å². The van der Waals surface area contributed by atoms with E-state index in [4.69, 9.17) is 5.73 Å². The Morgan fingerprint density at radius 2 is 1.92 bits per heavy atom. The summed E-state index contributed by atoms with van der Waals surface area (Å²) in [6.07, 6.45) is 5.39. The van der Waals surface area contributed by atoms with E-state index in [1.165, 1.54) is 12.0 Å². The monoisotopic (exact) mass is 350 g/mol. The Labute approximate surface area is 152 Å². The molecule has 1 amide bonds. The first-order valence-corrected chi connectivity index (χ1v) is 9.06. The Kier molecular flexibility index (Phi) is 6.33. The number of carbonyl (C=O) groups is 1. The number of hydrogen-bond acceptors (Lipinski definition) is 2. The third-order valence-corrected chi connectivity index (χ3v) is 5.89. The lowest BCUT2D eigenvalue weighted by molar-refractivity contribution is -0.140. The molecule has 1 aliphatic heterocycles. The van der Waals surface area contributed by atoms with Gasteiger partial charge in [-0.2, -0.15) is 0 Å². The molecule has 134 valence electrons. The second-order valence-electron chi connectivity index (χ2n) is 8.10. The Bertz CT molecular complexity index is 546. The largest absolute Gasteiger partial charge is 0.342 e. The van der Waals surface area contributed by atoms with Gasteiger partial charge in [0.15, 0.2) is 0 Å². The van der Waals surface area contributed by atoms with Crippen LogP contribution in [0.2, 0.25) is 0 Å². The zero-order valence-corrected chi connectivity index (χ0v) is 15.7. The number of likely N-dealkylation sites (tertiary alicyclic amines) is 1. The molecule has 0 spiro atoms. The van der Waals surface area contributed by atoms with Crippen LogP contribution in [0.3, 0.4) is 0 Å². The average Bonchev–Trinajstić information content (AvgIpc) is 3.10. The van der Waals surface area contributed by atoms with Crippen LogP contribution in [0.5, 0.6) is 0 Å². The molecule has 1 saturated heterocycles. The van der Waals surface area contributed by atoms with Crippen LogP contribution in [0.4, 0.5) is 0 Å². The van der Waals surface area contributed by atoms with E-state index in [1.54, 1.807) is 0 Å². The number of aryl methyl sites for hydroxylation is 1. The molecule has 3 nitrogen and oxygen atoms in total. The molecule has 2 N–H and O–H groups in total. The van der Waals surface area contributed by atoms with E-state index in [1.807, 2.05) is 6.07 Å². The SMILES string of the molecule is CC(C)(CCCc1ccccc1)C(=O)N1CC2CCC(N)C2C1.Cl. The van der Waals surface area contributed by atoms with Crippen molar-refractivity contribution >= 4 is 18.3 Å². The minimum absolute atomic E-state index is 0. The molecule has 1 saturated carbocycles. The minimum atomic E-state index is -0.266. The maximum absolute atomic E-state index is 12.9. The van der Waals surface area contributed by atoms with E-state index >= 15 is 0 Å². The summed E-state index contributed by atoms with van der Waals surface area (Å²) >= 11 is 0. The van der Waals surface area contributed by atoms with E-state index < -0.39 is 0 Å². The fourth-order valence-corrected chi connectivity index (χ4v) is 4.39. The van der Waals surface area contributed by atoms with Crippen molar-refractivity contribution in [2.24, 2.45) is 23.0 Å². The van der Waals surface area contributed by atoms with Crippen molar-refractivity contribution in [1.82, 2.24) is 4.90 Å². The molecule has 1 aromatic carbocycles. The van der Waals surface area contributed by atoms with Gasteiger partial charge in [0.25, 0.3) is 0 Å². The predicted molar refractivity (Wildman–Crippen MR) is 101 cm³/mol. The van der Waals surface area contributed by atoms with E-state index in [-0.39, 0.29) is 17.8 Å². The van der Waals surface area contributed by atoms with E-state index in [0.29, 0.717) is 23.8 Å². The quantitative estimate of drug-likeness (QED) is 0.881. The molecule has 2 fully saturated rings. The molecule has 2 aliphatic rings. The van der Waals surface area contributed by atoms with Gasteiger partial charge in [-0.25, -0.2) is 0 Å². The number of amides is 1. The number of fused-ring (bicyclic) bond motifs is 1. The van der Waals surface area contributed by atoms with Gasteiger partial charge in [0.1, 0.15) is 0 Å². The summed E-state index contributed by atoms with van der Waals surface area (Å²) in [5.41, 5.74) is 7.29. The number of rotatable bonds is 5. The standard InChI is InChI=1S/C20H30N2O.ClH/c1-20(2,12-6-9-15-7-4-3-5-8-15)19(23)22-13-16-10-11-18(21)17(16)14-22;/h3-5,7-8,16-18H,6,9-14,21H2,1-2H3;1H. The molecular formula is C20H31ClN2O. The van der Waals surface area contributed by atoms with Gasteiger partial charge >= 0.3 is 0 Å². The Morgan fingerprint density at radius 3 is 2.58 bits per heavy atom. The third kappa shape index (κ3) is 4.12. The molecule has 0 aromatic heterocycles. The lowest BCUT2D eigenvalue weighted by atomic mass is 9.85. The van der Waals surface area contributed by atoms with Gasteiger partial charge in [0.05, 0.1) is 0 Å². The number of nitrogens with two attached hydrogens (primary N) is 1. The van der Waals surface area contributed by atoms with Crippen molar-refractivity contribution in [2.45, 2.75) is 52.0 Å². The number of halogens is 1. The highest BCUT2D eigenvalue weighted by atomic mass is 35.5. The molecule has 1 aromatic rings. The molecule has 4 heteroatoms. The van der Waals surface area contributed by atoms with E-state index in [0.717, 1.165) is 38.8 Å². The lowest BCUT2D eigenvalue weighted by Gasteiger charge is -2.30. The summed E-state index contributed by atoms with van der Waals surface area (Å²) in [6.45, 7) is 6.02. The summed E-state index contributed by atoms with van der Waals surface area (Å²) in [7, 11) is 0. The molecule has 0 bridgehead atoms. The van der Waals surface area contributed by atoms with Crippen molar-refractivity contribution in [3.8, 4) is 0 Å². The van der Waals surface area contributed by atoms with Crippen LogP contribution in [0.25, 0.3) is 0 Å². The Hall–Kier alpha value is -1.06. The van der Waals surface area contributed by atoms with Gasteiger partial charge in [0.2, 0.25) is 5.91 Å². The maximum atomic E-state index is 12.9. The van der Waals surface area contributed by atoms with Crippen molar-refractivity contribution in [1.29, 1.82) is 0 Å². The number of hydrogen-bond donors (Lipinski definition) is 1. The normalized spacial score (nSPS) is 26.1. The predicted octanol–water partition coefficient (Wildman–Crippen LogP) is 3.65. The third-order valence-electron chi connectivity index (χ3n) is 5.89. The summed E-state index contributed by atoms with van der Waals surface area (Å²) in [4.78, 5) is 15.0. The number of benzene rings is 1. The highest BCUT2D eigenvalue weighted by Crippen LogP contribution is 2.39. The van der Waals surface area contributed by atoms with Crippen LogP contribution in [0, 0.1) is 17.3 Å². The van der Waals surface area contributed by atoms with Crippen molar-refractivity contribution in [2.75, 3.05) is 13.1 Å². The highest BCUT2D eigenvalue weighted by molar-refractivity contribution is 5.85. The lowest BCUT2D eigenvalue weighted by Crippen LogP contribution is -2.41. The maximum Gasteiger partial charge on any atom is 0.228 e. The molecule has 3 atom stereocenters. The summed E-state index contributed by atoms with van der Waals surface area (Å²) in [5.74, 6) is 1.51. The molecule has 0 radical (unpaired) electrons. The minimum Gasteiger partial charge on any atom is -0.342 e. The van der Waals surface area contributed by atoms with E-state index in [9.17, 15) is 4.79 Å². The van der Waals surface area contributed by atoms with Gasteiger partial charge in [-0.1, -0.05) is 44.2 Å². The molecule has 1 aliphatic carbocycles. The van der Waals surface area contributed by atoms with Crippen LogP contribution in [0.15, 0.2) is 30.3 Å². The van der Waals surface area contributed by atoms with Gasteiger partial charge in [-0.3, -0.25) is 4.79 Å². The smallest absolute Gasteiger partial charge is 0.228 e. The van der Waals surface area contributed by atoms with Crippen molar-refractivity contribution in [3.63, 3.8) is 0 Å². The molecule has 3 unspecified atom stereocenters. The van der Waals surface area contributed by atoms with Crippen LogP contribution >= 0.6 is 12.4 Å². The van der Waals surface area contributed by atoms with Crippen LogP contribution in [-0.2, 0) is 11.2 Å². The van der Waals surface area contributed by atoms with Crippen LogP contribution in [-0.4, -0.2) is 29.9 Å². The fraction of sp³-hybridized carbons (Fsp3) is 0.650. The highest BCUT2D eigenvalue weighted by Gasteiger charge is 2.44. The molecule has 3 rings (SSSR count). The average molecular weight is 351 g/mol. The first-order valence-electron chi connectivity index (χ1n) is 9.06. The summed E-state index contributed by atoms with van der Waals surface area (Å²) < 4.78 is 0. The van der Waals surface area contributed by atoms with Crippen LogP contribution < -0.4 is 5.73 Å². The fourth-order valence-electron chi connectivity index (χ4n) is 4.39. The summed E-state index contributed by atoms with van der Waals surface area (Å²) in [5, 5.41) is 0. The topological polar surface area (TPSA) is 46.3 Å². The van der Waals surface area contributed by atoms with Gasteiger partial charge < -0.3 is 10.6 Å². The molecule has 1 heterocycles. The second-order valence-corrected chi connectivity index (χ2v) is 8.10. The van der Waals surface area contributed by atoms with Crippen LogP contribution in [0.1, 0.15) is 45.1 Å². The number of nitrogens with zero attached hydrogens (tertiary/aromatic N) is 1. The zero-order valence-electron chi connectivity index (χ0n) is 14.9. The first kappa shape index (κ1) is 19.3. The summed E-state index contributed by atoms with van der Waals surface area (Å²) in [6, 6.07) is 10.8. The van der Waals surface area contributed by atoms with Gasteiger partial charge in [0, 0.05) is 24.5 Å². The first-order chi connectivity index (χ1) is 11.0. The van der Waals surface area contributed by atoms with Crippen molar-refractivity contribution in [3.05, 3.63) is 35.9 Å². The van der Waals surface area contributed by atoms with Gasteiger partial charge in [-0.15, -0.1) is 12.4 Å².